The maximum atomic E-state index is 12.3. The predicted octanol–water partition coefficient (Wildman–Crippen LogP) is 4.06. The highest BCUT2D eigenvalue weighted by Crippen LogP contribution is 2.45. The fourth-order valence-corrected chi connectivity index (χ4v) is 4.82. The van der Waals surface area contributed by atoms with Crippen LogP contribution in [0.15, 0.2) is 65.9 Å². The summed E-state index contributed by atoms with van der Waals surface area (Å²) in [7, 11) is -3.38. The summed E-state index contributed by atoms with van der Waals surface area (Å²) < 4.78 is 31.0. The molecule has 1 aliphatic rings. The van der Waals surface area contributed by atoms with Gasteiger partial charge in [-0.2, -0.15) is 0 Å². The van der Waals surface area contributed by atoms with Gasteiger partial charge >= 0.3 is 0 Å². The van der Waals surface area contributed by atoms with Crippen molar-refractivity contribution in [2.45, 2.75) is 25.9 Å². The first-order valence-electron chi connectivity index (χ1n) is 10.2. The molecule has 3 rings (SSSR count). The molecule has 0 saturated carbocycles. The summed E-state index contributed by atoms with van der Waals surface area (Å²) >= 11 is 6.49. The van der Waals surface area contributed by atoms with Crippen molar-refractivity contribution in [3.8, 4) is 11.3 Å². The van der Waals surface area contributed by atoms with E-state index in [1.165, 1.54) is 6.26 Å². The molecule has 2 aromatic rings. The number of carbonyl (C=O) groups is 1. The number of nitrogens with two attached hydrogens (primary N) is 1. The summed E-state index contributed by atoms with van der Waals surface area (Å²) in [5.74, 6) is -0.609. The molecule has 1 aliphatic carbocycles. The van der Waals surface area contributed by atoms with Crippen molar-refractivity contribution in [2.75, 3.05) is 18.6 Å². The van der Waals surface area contributed by atoms with Crippen LogP contribution in [0.2, 0.25) is 5.02 Å². The van der Waals surface area contributed by atoms with Crippen molar-refractivity contribution in [2.24, 2.45) is 11.7 Å². The van der Waals surface area contributed by atoms with Crippen LogP contribution in [-0.4, -0.2) is 37.9 Å². The van der Waals surface area contributed by atoms with Crippen LogP contribution in [-0.2, 0) is 25.0 Å². The molecule has 170 valence electrons. The maximum Gasteiger partial charge on any atom is 0.244 e. The minimum Gasteiger partial charge on any atom is -0.366 e. The number of amides is 1. The normalized spacial score (nSPS) is 18.9. The summed E-state index contributed by atoms with van der Waals surface area (Å²) in [6.45, 7) is 4.36. The van der Waals surface area contributed by atoms with Gasteiger partial charge in [-0.05, 0) is 41.3 Å². The highest BCUT2D eigenvalue weighted by Gasteiger charge is 2.42. The highest BCUT2D eigenvalue weighted by atomic mass is 35.5. The Morgan fingerprint density at radius 3 is 2.59 bits per heavy atom. The van der Waals surface area contributed by atoms with E-state index in [1.807, 2.05) is 38.1 Å². The Morgan fingerprint density at radius 2 is 2.00 bits per heavy atom. The first-order chi connectivity index (χ1) is 15.0. The van der Waals surface area contributed by atoms with Gasteiger partial charge in [0.2, 0.25) is 5.91 Å². The number of benzene rings is 1. The molecule has 0 saturated heterocycles. The van der Waals surface area contributed by atoms with Crippen molar-refractivity contribution >= 4 is 27.3 Å². The SMILES string of the molecule is CC(C)COC1(c2ccc(Cl)c(-c3ccccn3)c2)CC(C(N)=O)=CC=C1CS(C)(=O)=O. The lowest BCUT2D eigenvalue weighted by molar-refractivity contribution is -0.115. The number of nitrogens with zero attached hydrogens (tertiary/aromatic N) is 1. The van der Waals surface area contributed by atoms with Crippen LogP contribution in [0.3, 0.4) is 0 Å². The minimum atomic E-state index is -3.38. The summed E-state index contributed by atoms with van der Waals surface area (Å²) in [6, 6.07) is 10.9. The third-order valence-corrected chi connectivity index (χ3v) is 6.38. The number of rotatable bonds is 8. The second-order valence-corrected chi connectivity index (χ2v) is 11.0. The summed E-state index contributed by atoms with van der Waals surface area (Å²) in [4.78, 5) is 16.5. The largest absolute Gasteiger partial charge is 0.366 e. The van der Waals surface area contributed by atoms with E-state index >= 15 is 0 Å². The van der Waals surface area contributed by atoms with Crippen LogP contribution in [0, 0.1) is 5.92 Å². The molecular formula is C24H27ClN2O4S. The van der Waals surface area contributed by atoms with Crippen LogP contribution in [0.25, 0.3) is 11.3 Å². The molecule has 0 spiro atoms. The van der Waals surface area contributed by atoms with Crippen molar-refractivity contribution in [1.29, 1.82) is 0 Å². The standard InChI is InChI=1S/C24H27ClN2O4S/c1-16(2)14-31-24(13-17(23(26)28)7-8-19(24)15-32(3,29)30)18-9-10-21(25)20(12-18)22-6-4-5-11-27-22/h4-12,16H,13-15H2,1-3H3,(H2,26,28). The van der Waals surface area contributed by atoms with Gasteiger partial charge in [0.25, 0.3) is 0 Å². The number of pyridine rings is 1. The number of hydrogen-bond donors (Lipinski definition) is 1. The molecule has 1 unspecified atom stereocenters. The average Bonchev–Trinajstić information content (AvgIpc) is 2.73. The lowest BCUT2D eigenvalue weighted by atomic mass is 9.77. The van der Waals surface area contributed by atoms with Crippen LogP contribution in [0.1, 0.15) is 25.8 Å². The number of ether oxygens (including phenoxy) is 1. The van der Waals surface area contributed by atoms with Crippen LogP contribution >= 0.6 is 11.6 Å². The van der Waals surface area contributed by atoms with Gasteiger partial charge in [-0.15, -0.1) is 0 Å². The topological polar surface area (TPSA) is 99.3 Å². The molecule has 1 atom stereocenters. The first-order valence-corrected chi connectivity index (χ1v) is 12.7. The molecule has 1 aromatic carbocycles. The van der Waals surface area contributed by atoms with E-state index in [4.69, 9.17) is 22.1 Å². The van der Waals surface area contributed by atoms with E-state index in [-0.39, 0.29) is 18.1 Å². The molecule has 6 nitrogen and oxygen atoms in total. The number of hydrogen-bond acceptors (Lipinski definition) is 5. The molecule has 1 aromatic heterocycles. The molecule has 32 heavy (non-hydrogen) atoms. The Morgan fingerprint density at radius 1 is 1.25 bits per heavy atom. The molecule has 1 amide bonds. The van der Waals surface area contributed by atoms with Gasteiger partial charge in [0.1, 0.15) is 5.60 Å². The number of aromatic nitrogens is 1. The molecule has 0 aliphatic heterocycles. The number of carbonyl (C=O) groups excluding carboxylic acids is 1. The van der Waals surface area contributed by atoms with E-state index in [9.17, 15) is 13.2 Å². The monoisotopic (exact) mass is 474 g/mol. The number of primary amides is 1. The Labute approximate surface area is 194 Å². The van der Waals surface area contributed by atoms with E-state index in [0.717, 1.165) is 0 Å². The Bertz CT molecular complexity index is 1170. The van der Waals surface area contributed by atoms with E-state index in [0.29, 0.717) is 39.6 Å². The van der Waals surface area contributed by atoms with Crippen LogP contribution in [0.4, 0.5) is 0 Å². The fourth-order valence-electron chi connectivity index (χ4n) is 3.71. The van der Waals surface area contributed by atoms with Crippen molar-refractivity contribution in [1.82, 2.24) is 4.98 Å². The lowest BCUT2D eigenvalue weighted by Gasteiger charge is -2.40. The first kappa shape index (κ1) is 24.2. The molecule has 0 bridgehead atoms. The maximum absolute atomic E-state index is 12.3. The number of sulfone groups is 1. The Balaban J connectivity index is 2.23. The minimum absolute atomic E-state index is 0.125. The summed E-state index contributed by atoms with van der Waals surface area (Å²) in [6.07, 6.45) is 6.19. The second kappa shape index (κ2) is 9.57. The third-order valence-electron chi connectivity index (χ3n) is 5.21. The third kappa shape index (κ3) is 5.46. The van der Waals surface area contributed by atoms with Crippen molar-refractivity contribution in [3.63, 3.8) is 0 Å². The smallest absolute Gasteiger partial charge is 0.244 e. The van der Waals surface area contributed by atoms with Gasteiger partial charge in [0, 0.05) is 35.0 Å². The van der Waals surface area contributed by atoms with Crippen LogP contribution in [0.5, 0.6) is 0 Å². The quantitative estimate of drug-likeness (QED) is 0.622. The molecule has 0 radical (unpaired) electrons. The highest BCUT2D eigenvalue weighted by molar-refractivity contribution is 7.90. The van der Waals surface area contributed by atoms with Gasteiger partial charge in [-0.3, -0.25) is 9.78 Å². The van der Waals surface area contributed by atoms with E-state index in [1.54, 1.807) is 30.5 Å². The average molecular weight is 475 g/mol. The Kier molecular flexibility index (Phi) is 7.22. The van der Waals surface area contributed by atoms with E-state index in [2.05, 4.69) is 4.98 Å². The Hall–Kier alpha value is -2.48. The second-order valence-electron chi connectivity index (χ2n) is 8.44. The fraction of sp³-hybridized carbons (Fsp3) is 0.333. The molecule has 1 heterocycles. The number of allylic oxidation sites excluding steroid dienone is 2. The molecule has 8 heteroatoms. The van der Waals surface area contributed by atoms with Gasteiger partial charge in [0.15, 0.2) is 9.84 Å². The van der Waals surface area contributed by atoms with Gasteiger partial charge in [0.05, 0.1) is 18.1 Å². The zero-order valence-electron chi connectivity index (χ0n) is 18.3. The summed E-state index contributed by atoms with van der Waals surface area (Å²) in [5.41, 5.74) is 7.37. The van der Waals surface area contributed by atoms with Gasteiger partial charge < -0.3 is 10.5 Å². The van der Waals surface area contributed by atoms with Gasteiger partial charge in [-0.1, -0.05) is 49.7 Å². The van der Waals surface area contributed by atoms with E-state index < -0.39 is 21.3 Å². The molecule has 0 fully saturated rings. The lowest BCUT2D eigenvalue weighted by Crippen LogP contribution is -2.39. The zero-order chi connectivity index (χ0) is 23.5. The van der Waals surface area contributed by atoms with Crippen molar-refractivity contribution in [3.05, 3.63) is 76.5 Å². The van der Waals surface area contributed by atoms with Gasteiger partial charge in [-0.25, -0.2) is 8.42 Å². The predicted molar refractivity (Wildman–Crippen MR) is 127 cm³/mol. The molecular weight excluding hydrogens is 448 g/mol. The van der Waals surface area contributed by atoms with Crippen LogP contribution < -0.4 is 5.73 Å². The zero-order valence-corrected chi connectivity index (χ0v) is 19.9. The summed E-state index contributed by atoms with van der Waals surface area (Å²) in [5, 5.41) is 0.501. The number of halogens is 1. The van der Waals surface area contributed by atoms with Crippen molar-refractivity contribution < 1.29 is 17.9 Å². The molecule has 2 N–H and O–H groups in total.